The predicted octanol–water partition coefficient (Wildman–Crippen LogP) is 4.87. The van der Waals surface area contributed by atoms with Crippen LogP contribution in [0.15, 0.2) is 36.4 Å². The minimum atomic E-state index is -0.282. The van der Waals surface area contributed by atoms with Crippen LogP contribution in [0.4, 0.5) is 0 Å². The molecule has 0 heterocycles. The molecule has 24 heavy (non-hydrogen) atoms. The fourth-order valence-electron chi connectivity index (χ4n) is 4.18. The van der Waals surface area contributed by atoms with Crippen LogP contribution in [0.3, 0.4) is 0 Å². The maximum atomic E-state index is 10.5. The number of ether oxygens (including phenoxy) is 1. The van der Waals surface area contributed by atoms with Crippen LogP contribution in [0.5, 0.6) is 17.2 Å². The van der Waals surface area contributed by atoms with E-state index in [4.69, 9.17) is 4.74 Å². The molecule has 1 atom stereocenters. The molecule has 0 aliphatic heterocycles. The highest BCUT2D eigenvalue weighted by Crippen LogP contribution is 2.57. The molecule has 2 aromatic carbocycles. The van der Waals surface area contributed by atoms with E-state index in [1.54, 1.807) is 18.2 Å². The molecule has 0 fully saturated rings. The largest absolute Gasteiger partial charge is 0.508 e. The molecule has 0 amide bonds. The van der Waals surface area contributed by atoms with Gasteiger partial charge >= 0.3 is 0 Å². The van der Waals surface area contributed by atoms with E-state index < -0.39 is 0 Å². The van der Waals surface area contributed by atoms with Gasteiger partial charge in [0, 0.05) is 11.0 Å². The van der Waals surface area contributed by atoms with Crippen molar-refractivity contribution in [2.24, 2.45) is 0 Å². The lowest BCUT2D eigenvalue weighted by Crippen LogP contribution is -2.24. The Morgan fingerprint density at radius 3 is 2.17 bits per heavy atom. The van der Waals surface area contributed by atoms with E-state index in [0.717, 1.165) is 17.5 Å². The number of phenolic OH excluding ortho intramolecular Hbond substituents is 2. The average Bonchev–Trinajstić information content (AvgIpc) is 2.69. The lowest BCUT2D eigenvalue weighted by Gasteiger charge is -2.30. The minimum Gasteiger partial charge on any atom is -0.508 e. The molecule has 3 rings (SSSR count). The first kappa shape index (κ1) is 16.7. The second-order valence-corrected chi connectivity index (χ2v) is 7.94. The van der Waals surface area contributed by atoms with E-state index in [0.29, 0.717) is 5.75 Å². The molecule has 1 aliphatic carbocycles. The summed E-state index contributed by atoms with van der Waals surface area (Å²) in [6.07, 6.45) is 0.896. The summed E-state index contributed by atoms with van der Waals surface area (Å²) in [7, 11) is 0. The van der Waals surface area contributed by atoms with Gasteiger partial charge in [0.1, 0.15) is 5.75 Å². The summed E-state index contributed by atoms with van der Waals surface area (Å²) in [4.78, 5) is 0. The number of hydrogen-bond donors (Lipinski definition) is 2. The van der Waals surface area contributed by atoms with Crippen molar-refractivity contribution in [3.8, 4) is 17.2 Å². The first-order chi connectivity index (χ1) is 11.1. The van der Waals surface area contributed by atoms with Gasteiger partial charge in [-0.15, -0.1) is 0 Å². The molecule has 2 N–H and O–H groups in total. The SMILES string of the molecule is CC(C)Oc1c(O)ccc2c1C(C)(c1ccc(O)cc1)CC2(C)C. The van der Waals surface area contributed by atoms with Crippen LogP contribution in [0.25, 0.3) is 0 Å². The van der Waals surface area contributed by atoms with E-state index in [-0.39, 0.29) is 28.4 Å². The quantitative estimate of drug-likeness (QED) is 0.846. The molecule has 0 bridgehead atoms. The summed E-state index contributed by atoms with van der Waals surface area (Å²) in [6.45, 7) is 10.6. The van der Waals surface area contributed by atoms with Crippen LogP contribution in [0, 0.1) is 0 Å². The molecule has 0 saturated carbocycles. The predicted molar refractivity (Wildman–Crippen MR) is 96.1 cm³/mol. The van der Waals surface area contributed by atoms with Crippen molar-refractivity contribution in [2.45, 2.75) is 58.0 Å². The monoisotopic (exact) mass is 326 g/mol. The smallest absolute Gasteiger partial charge is 0.165 e. The molecule has 3 heteroatoms. The highest BCUT2D eigenvalue weighted by Gasteiger charge is 2.48. The number of aromatic hydroxyl groups is 2. The highest BCUT2D eigenvalue weighted by molar-refractivity contribution is 5.62. The van der Waals surface area contributed by atoms with Gasteiger partial charge in [0.05, 0.1) is 6.10 Å². The zero-order valence-corrected chi connectivity index (χ0v) is 15.1. The molecule has 128 valence electrons. The lowest BCUT2D eigenvalue weighted by atomic mass is 9.75. The number of rotatable bonds is 3. The van der Waals surface area contributed by atoms with E-state index in [1.807, 2.05) is 32.0 Å². The third-order valence-corrected chi connectivity index (χ3v) is 5.07. The number of hydrogen-bond acceptors (Lipinski definition) is 3. The van der Waals surface area contributed by atoms with Crippen LogP contribution < -0.4 is 4.74 Å². The van der Waals surface area contributed by atoms with E-state index in [2.05, 4.69) is 20.8 Å². The normalized spacial score (nSPS) is 21.8. The molecule has 0 spiro atoms. The van der Waals surface area contributed by atoms with Gasteiger partial charge in [-0.25, -0.2) is 0 Å². The van der Waals surface area contributed by atoms with Gasteiger partial charge in [-0.1, -0.05) is 39.0 Å². The van der Waals surface area contributed by atoms with Crippen LogP contribution in [0.1, 0.15) is 57.7 Å². The van der Waals surface area contributed by atoms with E-state index >= 15 is 0 Å². The van der Waals surface area contributed by atoms with Crippen molar-refractivity contribution in [3.63, 3.8) is 0 Å². The molecule has 0 aromatic heterocycles. The Hall–Kier alpha value is -2.16. The third kappa shape index (κ3) is 2.52. The Balaban J connectivity index is 2.27. The molecular weight excluding hydrogens is 300 g/mol. The van der Waals surface area contributed by atoms with Gasteiger partial charge in [0.25, 0.3) is 0 Å². The van der Waals surface area contributed by atoms with Crippen molar-refractivity contribution in [1.82, 2.24) is 0 Å². The standard InChI is InChI=1S/C21H26O3/c1-13(2)24-19-17(23)11-10-16-18(19)21(5,12-20(16,3)4)14-6-8-15(22)9-7-14/h6-11,13,22-23H,12H2,1-5H3. The summed E-state index contributed by atoms with van der Waals surface area (Å²) >= 11 is 0. The number of fused-ring (bicyclic) bond motifs is 1. The molecule has 1 aliphatic rings. The minimum absolute atomic E-state index is 0.0184. The molecule has 0 saturated heterocycles. The molecule has 3 nitrogen and oxygen atoms in total. The molecule has 0 radical (unpaired) electrons. The highest BCUT2D eigenvalue weighted by atomic mass is 16.5. The Morgan fingerprint density at radius 2 is 1.58 bits per heavy atom. The van der Waals surface area contributed by atoms with Crippen LogP contribution in [0.2, 0.25) is 0 Å². The van der Waals surface area contributed by atoms with Crippen LogP contribution >= 0.6 is 0 Å². The second-order valence-electron chi connectivity index (χ2n) is 7.94. The number of benzene rings is 2. The molecule has 2 aromatic rings. The zero-order valence-electron chi connectivity index (χ0n) is 15.1. The first-order valence-corrected chi connectivity index (χ1v) is 8.48. The van der Waals surface area contributed by atoms with Gasteiger partial charge < -0.3 is 14.9 Å². The topological polar surface area (TPSA) is 49.7 Å². The third-order valence-electron chi connectivity index (χ3n) is 5.07. The number of phenols is 2. The Kier molecular flexibility index (Phi) is 3.78. The van der Waals surface area contributed by atoms with Crippen molar-refractivity contribution < 1.29 is 14.9 Å². The summed E-state index contributed by atoms with van der Waals surface area (Å²) in [5, 5.41) is 20.1. The van der Waals surface area contributed by atoms with Gasteiger partial charge in [0.15, 0.2) is 11.5 Å². The van der Waals surface area contributed by atoms with Gasteiger partial charge in [0.2, 0.25) is 0 Å². The Labute approximate surface area is 143 Å². The molecular formula is C21H26O3. The Bertz CT molecular complexity index is 759. The van der Waals surface area contributed by atoms with Crippen molar-refractivity contribution in [1.29, 1.82) is 0 Å². The van der Waals surface area contributed by atoms with Crippen molar-refractivity contribution in [2.75, 3.05) is 0 Å². The van der Waals surface area contributed by atoms with Crippen LogP contribution in [-0.2, 0) is 10.8 Å². The fourth-order valence-corrected chi connectivity index (χ4v) is 4.18. The first-order valence-electron chi connectivity index (χ1n) is 8.48. The summed E-state index contributed by atoms with van der Waals surface area (Å²) in [5.41, 5.74) is 3.09. The van der Waals surface area contributed by atoms with Gasteiger partial charge in [-0.3, -0.25) is 0 Å². The van der Waals surface area contributed by atoms with Crippen LogP contribution in [-0.4, -0.2) is 16.3 Å². The van der Waals surface area contributed by atoms with E-state index in [1.165, 1.54) is 5.56 Å². The zero-order chi connectivity index (χ0) is 17.7. The second kappa shape index (κ2) is 5.44. The fraction of sp³-hybridized carbons (Fsp3) is 0.429. The maximum Gasteiger partial charge on any atom is 0.165 e. The summed E-state index contributed by atoms with van der Waals surface area (Å²) < 4.78 is 6.02. The van der Waals surface area contributed by atoms with E-state index in [9.17, 15) is 10.2 Å². The summed E-state index contributed by atoms with van der Waals surface area (Å²) in [5.74, 6) is 1.03. The summed E-state index contributed by atoms with van der Waals surface area (Å²) in [6, 6.07) is 11.1. The van der Waals surface area contributed by atoms with Crippen molar-refractivity contribution in [3.05, 3.63) is 53.1 Å². The van der Waals surface area contributed by atoms with Crippen molar-refractivity contribution >= 4 is 0 Å². The average molecular weight is 326 g/mol. The lowest BCUT2D eigenvalue weighted by molar-refractivity contribution is 0.226. The maximum absolute atomic E-state index is 10.5. The molecule has 1 unspecified atom stereocenters. The Morgan fingerprint density at radius 1 is 0.958 bits per heavy atom. The van der Waals surface area contributed by atoms with Gasteiger partial charge in [-0.2, -0.15) is 0 Å². The van der Waals surface area contributed by atoms with Gasteiger partial charge in [-0.05, 0) is 55.0 Å².